The fraction of sp³-hybridized carbons (Fsp3) is 0.773. The average molecular weight is 386 g/mol. The van der Waals surface area contributed by atoms with Gasteiger partial charge in [0.15, 0.2) is 0 Å². The Balaban J connectivity index is 1.30. The zero-order chi connectivity index (χ0) is 19.2. The van der Waals surface area contributed by atoms with E-state index in [0.717, 1.165) is 63.9 Å². The van der Waals surface area contributed by atoms with Gasteiger partial charge in [-0.15, -0.1) is 0 Å². The summed E-state index contributed by atoms with van der Waals surface area (Å²) < 4.78 is 0. The van der Waals surface area contributed by atoms with Crippen LogP contribution in [0.15, 0.2) is 18.5 Å². The van der Waals surface area contributed by atoms with Gasteiger partial charge in [-0.2, -0.15) is 0 Å². The van der Waals surface area contributed by atoms with Gasteiger partial charge in [0.25, 0.3) is 0 Å². The summed E-state index contributed by atoms with van der Waals surface area (Å²) in [7, 11) is 0. The number of carbonyl (C=O) groups is 1. The molecular weight excluding hydrogens is 350 g/mol. The molecule has 154 valence electrons. The number of amides is 1. The van der Waals surface area contributed by atoms with Crippen molar-refractivity contribution in [2.75, 3.05) is 37.6 Å². The number of carbonyl (C=O) groups excluding carboxylic acids is 1. The van der Waals surface area contributed by atoms with Gasteiger partial charge in [0, 0.05) is 57.1 Å². The second-order valence-electron chi connectivity index (χ2n) is 8.91. The summed E-state index contributed by atoms with van der Waals surface area (Å²) in [4.78, 5) is 26.1. The molecule has 0 bridgehead atoms. The topological polar surface area (TPSA) is 61.4 Å². The third-order valence-electron chi connectivity index (χ3n) is 6.85. The first-order valence-electron chi connectivity index (χ1n) is 11.3. The molecule has 4 rings (SSSR count). The molecule has 2 heterocycles. The minimum atomic E-state index is 0.279. The van der Waals surface area contributed by atoms with Crippen molar-refractivity contribution in [2.45, 2.75) is 63.8 Å². The SMILES string of the molecule is O=C(N[C@H](CC1CCCCC1)CN1CCN(c2ncccn2)CC1)C1CCC1. The first-order valence-corrected chi connectivity index (χ1v) is 11.3. The Hall–Kier alpha value is -1.69. The van der Waals surface area contributed by atoms with Gasteiger partial charge in [-0.3, -0.25) is 9.69 Å². The van der Waals surface area contributed by atoms with E-state index in [4.69, 9.17) is 0 Å². The first kappa shape index (κ1) is 19.6. The molecule has 6 nitrogen and oxygen atoms in total. The molecule has 0 aromatic carbocycles. The van der Waals surface area contributed by atoms with Crippen LogP contribution in [-0.4, -0.2) is 59.5 Å². The standard InChI is InChI=1S/C22H35N5O/c28-21(19-8-4-9-19)25-20(16-18-6-2-1-3-7-18)17-26-12-14-27(15-13-26)22-23-10-5-11-24-22/h5,10-11,18-20H,1-4,6-9,12-17H2,(H,25,28)/t20-/m1/s1. The van der Waals surface area contributed by atoms with E-state index in [1.807, 2.05) is 18.5 Å². The minimum Gasteiger partial charge on any atom is -0.352 e. The normalized spacial score (nSPS) is 23.2. The lowest BCUT2D eigenvalue weighted by atomic mass is 9.83. The van der Waals surface area contributed by atoms with E-state index in [1.54, 1.807) is 0 Å². The van der Waals surface area contributed by atoms with Gasteiger partial charge in [-0.05, 0) is 31.2 Å². The van der Waals surface area contributed by atoms with E-state index >= 15 is 0 Å². The first-order chi connectivity index (χ1) is 13.8. The van der Waals surface area contributed by atoms with Crippen molar-refractivity contribution in [1.82, 2.24) is 20.2 Å². The maximum Gasteiger partial charge on any atom is 0.225 e. The van der Waals surface area contributed by atoms with Crippen molar-refractivity contribution in [1.29, 1.82) is 0 Å². The predicted molar refractivity (Wildman–Crippen MR) is 111 cm³/mol. The number of nitrogens with one attached hydrogen (secondary N) is 1. The van der Waals surface area contributed by atoms with Crippen molar-refractivity contribution in [3.63, 3.8) is 0 Å². The van der Waals surface area contributed by atoms with Crippen molar-refractivity contribution in [3.05, 3.63) is 18.5 Å². The van der Waals surface area contributed by atoms with Crippen LogP contribution in [0.4, 0.5) is 5.95 Å². The fourth-order valence-electron chi connectivity index (χ4n) is 4.89. The third kappa shape index (κ3) is 5.22. The molecule has 0 unspecified atom stereocenters. The molecule has 1 amide bonds. The number of anilines is 1. The summed E-state index contributed by atoms with van der Waals surface area (Å²) in [5.41, 5.74) is 0. The van der Waals surface area contributed by atoms with Crippen LogP contribution in [0.25, 0.3) is 0 Å². The van der Waals surface area contributed by atoms with Gasteiger partial charge in [-0.25, -0.2) is 9.97 Å². The van der Waals surface area contributed by atoms with Gasteiger partial charge in [0.2, 0.25) is 11.9 Å². The van der Waals surface area contributed by atoms with Crippen molar-refractivity contribution >= 4 is 11.9 Å². The molecule has 1 N–H and O–H groups in total. The van der Waals surface area contributed by atoms with E-state index in [0.29, 0.717) is 11.9 Å². The molecule has 3 aliphatic rings. The summed E-state index contributed by atoms with van der Waals surface area (Å²) >= 11 is 0. The van der Waals surface area contributed by atoms with Crippen LogP contribution >= 0.6 is 0 Å². The number of hydrogen-bond donors (Lipinski definition) is 1. The number of rotatable bonds is 7. The van der Waals surface area contributed by atoms with E-state index in [2.05, 4.69) is 25.1 Å². The second kappa shape index (κ2) is 9.68. The molecule has 1 aliphatic heterocycles. The molecule has 6 heteroatoms. The number of nitrogens with zero attached hydrogens (tertiary/aromatic N) is 4. The van der Waals surface area contributed by atoms with Crippen LogP contribution in [0.5, 0.6) is 0 Å². The molecule has 1 aromatic heterocycles. The smallest absolute Gasteiger partial charge is 0.225 e. The van der Waals surface area contributed by atoms with Gasteiger partial charge < -0.3 is 10.2 Å². The van der Waals surface area contributed by atoms with E-state index in [9.17, 15) is 4.79 Å². The molecule has 28 heavy (non-hydrogen) atoms. The Labute approximate surface area is 169 Å². The van der Waals surface area contributed by atoms with E-state index in [1.165, 1.54) is 38.5 Å². The highest BCUT2D eigenvalue weighted by molar-refractivity contribution is 5.79. The number of aromatic nitrogens is 2. The Kier molecular flexibility index (Phi) is 6.78. The largest absolute Gasteiger partial charge is 0.352 e. The van der Waals surface area contributed by atoms with Crippen LogP contribution < -0.4 is 10.2 Å². The lowest BCUT2D eigenvalue weighted by molar-refractivity contribution is -0.128. The maximum atomic E-state index is 12.6. The second-order valence-corrected chi connectivity index (χ2v) is 8.91. The van der Waals surface area contributed by atoms with Gasteiger partial charge >= 0.3 is 0 Å². The Bertz CT molecular complexity index is 607. The Morgan fingerprint density at radius 1 is 1.00 bits per heavy atom. The van der Waals surface area contributed by atoms with Crippen molar-refractivity contribution < 1.29 is 4.79 Å². The summed E-state index contributed by atoms with van der Waals surface area (Å²) in [6.07, 6.45) is 15.0. The third-order valence-corrected chi connectivity index (χ3v) is 6.85. The van der Waals surface area contributed by atoms with Gasteiger partial charge in [0.05, 0.1) is 0 Å². The molecule has 1 atom stereocenters. The van der Waals surface area contributed by atoms with Gasteiger partial charge in [-0.1, -0.05) is 38.5 Å². The molecular formula is C22H35N5O. The molecule has 1 aromatic rings. The summed E-state index contributed by atoms with van der Waals surface area (Å²) in [6, 6.07) is 2.16. The molecule has 2 aliphatic carbocycles. The number of piperazine rings is 1. The van der Waals surface area contributed by atoms with Crippen molar-refractivity contribution in [3.8, 4) is 0 Å². The quantitative estimate of drug-likeness (QED) is 0.782. The maximum absolute atomic E-state index is 12.6. The Morgan fingerprint density at radius 3 is 2.36 bits per heavy atom. The highest BCUT2D eigenvalue weighted by Crippen LogP contribution is 2.29. The summed E-state index contributed by atoms with van der Waals surface area (Å²) in [5, 5.41) is 3.44. The fourth-order valence-corrected chi connectivity index (χ4v) is 4.89. The average Bonchev–Trinajstić information content (AvgIpc) is 2.68. The number of hydrogen-bond acceptors (Lipinski definition) is 5. The Morgan fingerprint density at radius 2 is 1.71 bits per heavy atom. The van der Waals surface area contributed by atoms with Crippen LogP contribution in [-0.2, 0) is 4.79 Å². The lowest BCUT2D eigenvalue weighted by Gasteiger charge is -2.38. The monoisotopic (exact) mass is 385 g/mol. The van der Waals surface area contributed by atoms with Gasteiger partial charge in [0.1, 0.15) is 0 Å². The van der Waals surface area contributed by atoms with Crippen LogP contribution in [0, 0.1) is 11.8 Å². The highest BCUT2D eigenvalue weighted by Gasteiger charge is 2.29. The van der Waals surface area contributed by atoms with E-state index in [-0.39, 0.29) is 5.92 Å². The molecule has 1 saturated heterocycles. The highest BCUT2D eigenvalue weighted by atomic mass is 16.2. The lowest BCUT2D eigenvalue weighted by Crippen LogP contribution is -2.53. The zero-order valence-corrected chi connectivity index (χ0v) is 17.1. The molecule has 2 saturated carbocycles. The molecule has 3 fully saturated rings. The predicted octanol–water partition coefficient (Wildman–Crippen LogP) is 2.85. The van der Waals surface area contributed by atoms with E-state index < -0.39 is 0 Å². The summed E-state index contributed by atoms with van der Waals surface area (Å²) in [5.74, 6) is 2.21. The molecule has 0 spiro atoms. The van der Waals surface area contributed by atoms with Crippen LogP contribution in [0.1, 0.15) is 57.8 Å². The zero-order valence-electron chi connectivity index (χ0n) is 17.1. The minimum absolute atomic E-state index is 0.279. The van der Waals surface area contributed by atoms with Crippen molar-refractivity contribution in [2.24, 2.45) is 11.8 Å². The van der Waals surface area contributed by atoms with Crippen LogP contribution in [0.3, 0.4) is 0 Å². The van der Waals surface area contributed by atoms with Crippen LogP contribution in [0.2, 0.25) is 0 Å². The molecule has 0 radical (unpaired) electrons. The summed E-state index contributed by atoms with van der Waals surface area (Å²) in [6.45, 7) is 4.92.